The van der Waals surface area contributed by atoms with Crippen LogP contribution < -0.4 is 9.47 Å². The number of rotatable bonds is 10. The minimum absolute atomic E-state index is 0.0546. The number of hydrogen-bond donors (Lipinski definition) is 2. The summed E-state index contributed by atoms with van der Waals surface area (Å²) in [5.74, 6) is -2.61. The van der Waals surface area contributed by atoms with Crippen LogP contribution in [0.25, 0.3) is 0 Å². The third-order valence-electron chi connectivity index (χ3n) is 2.63. The monoisotopic (exact) mass is 314 g/mol. The fourth-order valence-electron chi connectivity index (χ4n) is 1.60. The molecule has 0 saturated heterocycles. The van der Waals surface area contributed by atoms with E-state index in [2.05, 4.69) is 0 Å². The van der Waals surface area contributed by atoms with Gasteiger partial charge in [0.1, 0.15) is 35.8 Å². The Labute approximate surface area is 127 Å². The molecule has 0 fully saturated rings. The number of carbonyl (C=O) groups is 2. The molecule has 0 aliphatic rings. The Morgan fingerprint density at radius 2 is 1.18 bits per heavy atom. The second kappa shape index (κ2) is 8.85. The van der Waals surface area contributed by atoms with Gasteiger partial charge in [-0.3, -0.25) is 0 Å². The van der Waals surface area contributed by atoms with E-state index < -0.39 is 11.9 Å². The van der Waals surface area contributed by atoms with Gasteiger partial charge in [-0.05, 0) is 12.1 Å². The number of hydrogen-bond acceptors (Lipinski definition) is 6. The molecule has 1 aromatic carbocycles. The van der Waals surface area contributed by atoms with Crippen LogP contribution in [0.3, 0.4) is 0 Å². The zero-order chi connectivity index (χ0) is 16.5. The van der Waals surface area contributed by atoms with E-state index in [1.54, 1.807) is 0 Å². The van der Waals surface area contributed by atoms with Crippen LogP contribution in [0.15, 0.2) is 12.1 Å². The zero-order valence-electron chi connectivity index (χ0n) is 12.3. The molecule has 0 radical (unpaired) electrons. The molecule has 8 nitrogen and oxygen atoms in total. The van der Waals surface area contributed by atoms with Gasteiger partial charge in [-0.15, -0.1) is 0 Å². The van der Waals surface area contributed by atoms with Crippen LogP contribution in [0.4, 0.5) is 0 Å². The molecular weight excluding hydrogens is 296 g/mol. The van der Waals surface area contributed by atoms with Crippen molar-refractivity contribution < 1.29 is 38.7 Å². The molecule has 22 heavy (non-hydrogen) atoms. The van der Waals surface area contributed by atoms with Crippen molar-refractivity contribution in [3.05, 3.63) is 23.3 Å². The largest absolute Gasteiger partial charge is 0.490 e. The fourth-order valence-corrected chi connectivity index (χ4v) is 1.60. The van der Waals surface area contributed by atoms with Crippen molar-refractivity contribution in [2.75, 3.05) is 40.6 Å². The van der Waals surface area contributed by atoms with Crippen molar-refractivity contribution in [2.45, 2.75) is 0 Å². The maximum atomic E-state index is 11.3. The van der Waals surface area contributed by atoms with E-state index in [1.165, 1.54) is 14.2 Å². The molecule has 0 aliphatic carbocycles. The van der Waals surface area contributed by atoms with Gasteiger partial charge in [0.05, 0.1) is 13.2 Å². The topological polar surface area (TPSA) is 112 Å². The normalized spacial score (nSPS) is 10.3. The van der Waals surface area contributed by atoms with E-state index in [0.29, 0.717) is 0 Å². The van der Waals surface area contributed by atoms with Gasteiger partial charge in [-0.1, -0.05) is 0 Å². The highest BCUT2D eigenvalue weighted by Gasteiger charge is 2.20. The van der Waals surface area contributed by atoms with E-state index in [4.69, 9.17) is 18.9 Å². The van der Waals surface area contributed by atoms with Crippen molar-refractivity contribution in [1.82, 2.24) is 0 Å². The zero-order valence-corrected chi connectivity index (χ0v) is 12.3. The van der Waals surface area contributed by atoms with E-state index >= 15 is 0 Å². The van der Waals surface area contributed by atoms with E-state index in [1.807, 2.05) is 0 Å². The van der Waals surface area contributed by atoms with Crippen LogP contribution in [0.2, 0.25) is 0 Å². The standard InChI is InChI=1S/C14H18O8/c1-19-3-5-21-11-7-10(14(17)18)12(22-6-4-20-2)8-9(11)13(15)16/h7-8H,3-6H2,1-2H3,(H,15,16)(H,17,18). The van der Waals surface area contributed by atoms with Gasteiger partial charge in [0.2, 0.25) is 0 Å². The third-order valence-corrected chi connectivity index (χ3v) is 2.63. The Hall–Kier alpha value is -2.32. The molecule has 0 amide bonds. The number of carboxylic acid groups (broad SMARTS) is 2. The Morgan fingerprint density at radius 1 is 0.818 bits per heavy atom. The highest BCUT2D eigenvalue weighted by Crippen LogP contribution is 2.29. The van der Waals surface area contributed by atoms with Crippen LogP contribution in [0.5, 0.6) is 11.5 Å². The molecule has 0 unspecified atom stereocenters. The Kier molecular flexibility index (Phi) is 7.14. The SMILES string of the molecule is COCCOc1cc(C(=O)O)c(OCCOC)cc1C(=O)O. The maximum absolute atomic E-state index is 11.3. The number of ether oxygens (including phenoxy) is 4. The quantitative estimate of drug-likeness (QED) is 0.618. The van der Waals surface area contributed by atoms with E-state index in [9.17, 15) is 19.8 Å². The van der Waals surface area contributed by atoms with Gasteiger partial charge in [0.25, 0.3) is 0 Å². The average Bonchev–Trinajstić information content (AvgIpc) is 2.47. The van der Waals surface area contributed by atoms with Crippen LogP contribution in [0.1, 0.15) is 20.7 Å². The number of aromatic carboxylic acids is 2. The molecule has 0 heterocycles. The highest BCUT2D eigenvalue weighted by molar-refractivity contribution is 5.97. The van der Waals surface area contributed by atoms with Crippen molar-refractivity contribution in [1.29, 1.82) is 0 Å². The number of methoxy groups -OCH3 is 2. The molecule has 8 heteroatoms. The summed E-state index contributed by atoms with van der Waals surface area (Å²) in [5, 5.41) is 18.4. The van der Waals surface area contributed by atoms with Gasteiger partial charge in [-0.2, -0.15) is 0 Å². The lowest BCUT2D eigenvalue weighted by Gasteiger charge is -2.14. The second-order valence-corrected chi connectivity index (χ2v) is 4.14. The van der Waals surface area contributed by atoms with Crippen molar-refractivity contribution in [3.8, 4) is 11.5 Å². The highest BCUT2D eigenvalue weighted by atomic mass is 16.5. The summed E-state index contributed by atoms with van der Waals surface area (Å²) in [5.41, 5.74) is -0.373. The van der Waals surface area contributed by atoms with Crippen LogP contribution in [-0.4, -0.2) is 62.8 Å². The van der Waals surface area contributed by atoms with Crippen LogP contribution >= 0.6 is 0 Å². The van der Waals surface area contributed by atoms with Crippen LogP contribution in [0, 0.1) is 0 Å². The lowest BCUT2D eigenvalue weighted by Crippen LogP contribution is -2.13. The minimum atomic E-state index is -1.25. The van der Waals surface area contributed by atoms with Crippen molar-refractivity contribution in [2.24, 2.45) is 0 Å². The summed E-state index contributed by atoms with van der Waals surface area (Å²) in [4.78, 5) is 22.6. The lowest BCUT2D eigenvalue weighted by atomic mass is 10.1. The molecule has 122 valence electrons. The van der Waals surface area contributed by atoms with Gasteiger partial charge in [0, 0.05) is 14.2 Å². The van der Waals surface area contributed by atoms with Gasteiger partial charge in [0.15, 0.2) is 0 Å². The summed E-state index contributed by atoms with van der Waals surface area (Å²) < 4.78 is 20.1. The van der Waals surface area contributed by atoms with E-state index in [-0.39, 0.29) is 49.1 Å². The summed E-state index contributed by atoms with van der Waals surface area (Å²) >= 11 is 0. The molecule has 0 atom stereocenters. The molecule has 1 aromatic rings. The van der Waals surface area contributed by atoms with Gasteiger partial charge in [-0.25, -0.2) is 9.59 Å². The van der Waals surface area contributed by atoms with Crippen molar-refractivity contribution >= 4 is 11.9 Å². The molecular formula is C14H18O8. The minimum Gasteiger partial charge on any atom is -0.490 e. The predicted molar refractivity (Wildman–Crippen MR) is 75.1 cm³/mol. The first-order valence-corrected chi connectivity index (χ1v) is 6.39. The van der Waals surface area contributed by atoms with Crippen LogP contribution in [-0.2, 0) is 9.47 Å². The van der Waals surface area contributed by atoms with Gasteiger partial charge < -0.3 is 29.2 Å². The first kappa shape index (κ1) is 17.7. The Bertz CT molecular complexity index is 478. The number of benzene rings is 1. The summed E-state index contributed by atoms with van der Waals surface area (Å²) in [6.45, 7) is 0.681. The summed E-state index contributed by atoms with van der Waals surface area (Å²) in [6, 6.07) is 2.26. The van der Waals surface area contributed by atoms with Crippen molar-refractivity contribution in [3.63, 3.8) is 0 Å². The molecule has 0 aromatic heterocycles. The first-order chi connectivity index (χ1) is 10.5. The number of carboxylic acids is 2. The smallest absolute Gasteiger partial charge is 0.339 e. The molecule has 2 N–H and O–H groups in total. The average molecular weight is 314 g/mol. The Balaban J connectivity index is 3.13. The van der Waals surface area contributed by atoms with Gasteiger partial charge >= 0.3 is 11.9 Å². The lowest BCUT2D eigenvalue weighted by molar-refractivity contribution is 0.0668. The maximum Gasteiger partial charge on any atom is 0.339 e. The molecule has 0 aliphatic heterocycles. The first-order valence-electron chi connectivity index (χ1n) is 6.39. The predicted octanol–water partition coefficient (Wildman–Crippen LogP) is 1.13. The second-order valence-electron chi connectivity index (χ2n) is 4.14. The molecule has 0 bridgehead atoms. The summed E-state index contributed by atoms with van der Waals surface area (Å²) in [6.07, 6.45) is 0. The molecule has 0 spiro atoms. The molecule has 0 saturated carbocycles. The third kappa shape index (κ3) is 4.90. The fraction of sp³-hybridized carbons (Fsp3) is 0.429. The molecule has 1 rings (SSSR count). The Morgan fingerprint density at radius 3 is 1.45 bits per heavy atom. The van der Waals surface area contributed by atoms with E-state index in [0.717, 1.165) is 12.1 Å². The summed E-state index contributed by atoms with van der Waals surface area (Å²) in [7, 11) is 2.94.